The Morgan fingerprint density at radius 2 is 2.00 bits per heavy atom. The molecule has 1 aromatic carbocycles. The summed E-state index contributed by atoms with van der Waals surface area (Å²) in [6.07, 6.45) is 0. The molecular formula is C10H7BrClN3O. The van der Waals surface area contributed by atoms with E-state index in [1.165, 1.54) is 6.07 Å². The largest absolute Gasteiger partial charge is 0.437 e. The maximum Gasteiger partial charge on any atom is 0.224 e. The van der Waals surface area contributed by atoms with Gasteiger partial charge in [0.05, 0.1) is 5.69 Å². The Morgan fingerprint density at radius 3 is 2.69 bits per heavy atom. The maximum atomic E-state index is 5.76. The summed E-state index contributed by atoms with van der Waals surface area (Å²) in [5.74, 6) is 0.869. The number of aromatic nitrogens is 2. The molecule has 2 aromatic rings. The van der Waals surface area contributed by atoms with E-state index in [1.807, 2.05) is 12.1 Å². The number of ether oxygens (including phenoxy) is 1. The third kappa shape index (κ3) is 2.62. The van der Waals surface area contributed by atoms with E-state index in [4.69, 9.17) is 22.1 Å². The minimum Gasteiger partial charge on any atom is -0.437 e. The van der Waals surface area contributed by atoms with E-state index in [2.05, 4.69) is 25.9 Å². The fraction of sp³-hybridized carbons (Fsp3) is 0. The lowest BCUT2D eigenvalue weighted by Gasteiger charge is -2.07. The molecule has 2 rings (SSSR count). The Bertz CT molecular complexity index is 501. The summed E-state index contributed by atoms with van der Waals surface area (Å²) in [5.41, 5.74) is 6.27. The van der Waals surface area contributed by atoms with E-state index in [-0.39, 0.29) is 0 Å². The van der Waals surface area contributed by atoms with Crippen molar-refractivity contribution in [1.29, 1.82) is 0 Å². The molecular weight excluding hydrogens is 293 g/mol. The Balaban J connectivity index is 2.30. The Hall–Kier alpha value is -1.33. The highest BCUT2D eigenvalue weighted by Gasteiger charge is 2.05. The molecule has 0 bridgehead atoms. The molecule has 0 amide bonds. The predicted octanol–water partition coefficient (Wildman–Crippen LogP) is 3.27. The average molecular weight is 301 g/mol. The number of para-hydroxylation sites is 2. The molecule has 2 N–H and O–H groups in total. The van der Waals surface area contributed by atoms with E-state index in [0.717, 1.165) is 0 Å². The molecule has 0 spiro atoms. The number of nitrogens with two attached hydrogens (primary N) is 1. The summed E-state index contributed by atoms with van der Waals surface area (Å²) >= 11 is 8.89. The summed E-state index contributed by atoms with van der Waals surface area (Å²) in [7, 11) is 0. The van der Waals surface area contributed by atoms with Crippen LogP contribution < -0.4 is 10.5 Å². The quantitative estimate of drug-likeness (QED) is 0.525. The van der Waals surface area contributed by atoms with Crippen molar-refractivity contribution < 1.29 is 4.74 Å². The van der Waals surface area contributed by atoms with E-state index in [9.17, 15) is 0 Å². The van der Waals surface area contributed by atoms with Crippen LogP contribution in [0.15, 0.2) is 35.1 Å². The predicted molar refractivity (Wildman–Crippen MR) is 65.7 cm³/mol. The lowest BCUT2D eigenvalue weighted by molar-refractivity contribution is 0.462. The fourth-order valence-electron chi connectivity index (χ4n) is 1.11. The molecule has 0 saturated heterocycles. The molecule has 6 heteroatoms. The van der Waals surface area contributed by atoms with Crippen molar-refractivity contribution in [3.8, 4) is 11.6 Å². The van der Waals surface area contributed by atoms with Crippen LogP contribution in [0.5, 0.6) is 11.6 Å². The van der Waals surface area contributed by atoms with Gasteiger partial charge in [0.1, 0.15) is 5.15 Å². The highest BCUT2D eigenvalue weighted by atomic mass is 79.9. The summed E-state index contributed by atoms with van der Waals surface area (Å²) in [6, 6.07) is 8.65. The lowest BCUT2D eigenvalue weighted by atomic mass is 10.3. The van der Waals surface area contributed by atoms with Crippen molar-refractivity contribution >= 4 is 33.2 Å². The van der Waals surface area contributed by atoms with Crippen molar-refractivity contribution in [2.45, 2.75) is 0 Å². The molecule has 0 atom stereocenters. The molecule has 0 fully saturated rings. The number of benzene rings is 1. The van der Waals surface area contributed by atoms with E-state index in [1.54, 1.807) is 12.1 Å². The van der Waals surface area contributed by atoms with Crippen molar-refractivity contribution in [2.75, 3.05) is 5.73 Å². The van der Waals surface area contributed by atoms with Crippen LogP contribution in [0, 0.1) is 0 Å². The Morgan fingerprint density at radius 1 is 1.25 bits per heavy atom. The first-order chi connectivity index (χ1) is 7.65. The first-order valence-electron chi connectivity index (χ1n) is 4.37. The molecule has 82 valence electrons. The van der Waals surface area contributed by atoms with Crippen LogP contribution in [-0.2, 0) is 0 Å². The van der Waals surface area contributed by atoms with Gasteiger partial charge >= 0.3 is 0 Å². The molecule has 16 heavy (non-hydrogen) atoms. The van der Waals surface area contributed by atoms with Gasteiger partial charge in [0, 0.05) is 6.07 Å². The van der Waals surface area contributed by atoms with Crippen molar-refractivity contribution in [1.82, 2.24) is 9.97 Å². The smallest absolute Gasteiger partial charge is 0.224 e. The molecule has 0 radical (unpaired) electrons. The summed E-state index contributed by atoms with van der Waals surface area (Å²) in [5, 5.41) is 0.298. The van der Waals surface area contributed by atoms with Crippen molar-refractivity contribution in [3.05, 3.63) is 40.2 Å². The average Bonchev–Trinajstić information content (AvgIpc) is 2.20. The molecule has 0 aliphatic rings. The molecule has 0 saturated carbocycles. The molecule has 1 heterocycles. The second kappa shape index (κ2) is 4.67. The number of halogens is 2. The van der Waals surface area contributed by atoms with Crippen LogP contribution in [0.1, 0.15) is 0 Å². The molecule has 1 aromatic heterocycles. The highest BCUT2D eigenvalue weighted by Crippen LogP contribution is 2.27. The number of nitrogens with zero attached hydrogens (tertiary/aromatic N) is 2. The summed E-state index contributed by atoms with van der Waals surface area (Å²) in [4.78, 5) is 7.87. The van der Waals surface area contributed by atoms with Crippen molar-refractivity contribution in [3.63, 3.8) is 0 Å². The van der Waals surface area contributed by atoms with Crippen LogP contribution in [0.25, 0.3) is 0 Å². The number of nitrogen functional groups attached to an aromatic ring is 1. The van der Waals surface area contributed by atoms with Gasteiger partial charge in [-0.3, -0.25) is 0 Å². The zero-order valence-electron chi connectivity index (χ0n) is 8.02. The topological polar surface area (TPSA) is 61.0 Å². The van der Waals surface area contributed by atoms with Crippen LogP contribution in [0.3, 0.4) is 0 Å². The van der Waals surface area contributed by atoms with Crippen molar-refractivity contribution in [2.24, 2.45) is 0 Å². The maximum absolute atomic E-state index is 5.76. The zero-order chi connectivity index (χ0) is 11.5. The van der Waals surface area contributed by atoms with Gasteiger partial charge in [0.2, 0.25) is 10.6 Å². The van der Waals surface area contributed by atoms with Gasteiger partial charge in [0.15, 0.2) is 5.75 Å². The van der Waals surface area contributed by atoms with E-state index in [0.29, 0.717) is 27.2 Å². The zero-order valence-corrected chi connectivity index (χ0v) is 10.4. The lowest BCUT2D eigenvalue weighted by Crippen LogP contribution is -1.94. The third-order valence-corrected chi connectivity index (χ3v) is 2.33. The number of hydrogen-bond acceptors (Lipinski definition) is 4. The Kier molecular flexibility index (Phi) is 3.26. The second-order valence-corrected chi connectivity index (χ2v) is 4.03. The van der Waals surface area contributed by atoms with Gasteiger partial charge in [-0.2, -0.15) is 4.98 Å². The van der Waals surface area contributed by atoms with Gasteiger partial charge in [0.25, 0.3) is 0 Å². The first kappa shape index (κ1) is 11.2. The SMILES string of the molecule is Nc1ccccc1Oc1cc(Cl)nc(Br)n1. The number of rotatable bonds is 2. The minimum atomic E-state index is 0.298. The molecule has 0 unspecified atom stereocenters. The minimum absolute atomic E-state index is 0.298. The second-order valence-electron chi connectivity index (χ2n) is 2.94. The fourth-order valence-corrected chi connectivity index (χ4v) is 1.75. The molecule has 0 aliphatic heterocycles. The first-order valence-corrected chi connectivity index (χ1v) is 5.54. The standard InChI is InChI=1S/C10H7BrClN3O/c11-10-14-8(12)5-9(15-10)16-7-4-2-1-3-6(7)13/h1-5H,13H2. The van der Waals surface area contributed by atoms with Gasteiger partial charge in [-0.15, -0.1) is 0 Å². The van der Waals surface area contributed by atoms with Gasteiger partial charge < -0.3 is 10.5 Å². The normalized spacial score (nSPS) is 10.1. The van der Waals surface area contributed by atoms with Crippen LogP contribution >= 0.6 is 27.5 Å². The summed E-state index contributed by atoms with van der Waals surface area (Å²) < 4.78 is 5.85. The molecule has 0 aliphatic carbocycles. The van der Waals surface area contributed by atoms with Gasteiger partial charge in [-0.1, -0.05) is 23.7 Å². The van der Waals surface area contributed by atoms with Crippen LogP contribution in [0.2, 0.25) is 5.15 Å². The number of hydrogen-bond donors (Lipinski definition) is 1. The Labute approximate surface area is 106 Å². The summed E-state index contributed by atoms with van der Waals surface area (Å²) in [6.45, 7) is 0. The van der Waals surface area contributed by atoms with Crippen LogP contribution in [-0.4, -0.2) is 9.97 Å². The van der Waals surface area contributed by atoms with Crippen LogP contribution in [0.4, 0.5) is 5.69 Å². The third-order valence-electron chi connectivity index (χ3n) is 1.78. The molecule has 4 nitrogen and oxygen atoms in total. The highest BCUT2D eigenvalue weighted by molar-refractivity contribution is 9.10. The monoisotopic (exact) mass is 299 g/mol. The van der Waals surface area contributed by atoms with Gasteiger partial charge in [-0.25, -0.2) is 4.98 Å². The van der Waals surface area contributed by atoms with E-state index < -0.39 is 0 Å². The van der Waals surface area contributed by atoms with Gasteiger partial charge in [-0.05, 0) is 28.1 Å². The number of anilines is 1. The van der Waals surface area contributed by atoms with E-state index >= 15 is 0 Å².